The Balaban J connectivity index is 1.73. The van der Waals surface area contributed by atoms with Crippen LogP contribution in [0.15, 0.2) is 30.3 Å². The van der Waals surface area contributed by atoms with Crippen LogP contribution in [0.5, 0.6) is 0 Å². The molecule has 0 amide bonds. The molecule has 1 aliphatic carbocycles. The van der Waals surface area contributed by atoms with Gasteiger partial charge < -0.3 is 5.32 Å². The van der Waals surface area contributed by atoms with Crippen molar-refractivity contribution < 1.29 is 0 Å². The first-order chi connectivity index (χ1) is 9.78. The van der Waals surface area contributed by atoms with E-state index in [1.165, 1.54) is 37.9 Å². The van der Waals surface area contributed by atoms with Gasteiger partial charge in [0.25, 0.3) is 0 Å². The maximum absolute atomic E-state index is 3.81. The largest absolute Gasteiger partial charge is 0.311 e. The van der Waals surface area contributed by atoms with E-state index in [2.05, 4.69) is 54.4 Å². The Hall–Kier alpha value is -0.860. The summed E-state index contributed by atoms with van der Waals surface area (Å²) in [5.74, 6) is 1.74. The summed E-state index contributed by atoms with van der Waals surface area (Å²) in [5.41, 5.74) is 1.47. The minimum Gasteiger partial charge on any atom is -0.311 e. The second-order valence-corrected chi connectivity index (χ2v) is 6.75. The van der Waals surface area contributed by atoms with Crippen LogP contribution in [0.1, 0.15) is 44.7 Å². The molecular weight excluding hydrogens is 244 g/mol. The van der Waals surface area contributed by atoms with Crippen molar-refractivity contribution >= 4 is 0 Å². The number of hydrogen-bond donors (Lipinski definition) is 1. The van der Waals surface area contributed by atoms with Gasteiger partial charge in [0.2, 0.25) is 0 Å². The smallest absolute Gasteiger partial charge is 0.0473 e. The first-order valence-corrected chi connectivity index (χ1v) is 8.30. The van der Waals surface area contributed by atoms with Gasteiger partial charge in [-0.15, -0.1) is 0 Å². The van der Waals surface area contributed by atoms with Crippen LogP contribution in [-0.4, -0.2) is 30.6 Å². The Morgan fingerprint density at radius 3 is 2.65 bits per heavy atom. The van der Waals surface area contributed by atoms with Gasteiger partial charge in [-0.3, -0.25) is 4.90 Å². The molecule has 3 rings (SSSR count). The van der Waals surface area contributed by atoms with Crippen LogP contribution >= 0.6 is 0 Å². The lowest BCUT2D eigenvalue weighted by molar-refractivity contribution is 0.105. The molecule has 1 aliphatic heterocycles. The van der Waals surface area contributed by atoms with Gasteiger partial charge in [-0.1, -0.05) is 50.6 Å². The maximum Gasteiger partial charge on any atom is 0.0473 e. The van der Waals surface area contributed by atoms with Gasteiger partial charge in [0.15, 0.2) is 0 Å². The van der Waals surface area contributed by atoms with E-state index in [0.29, 0.717) is 6.04 Å². The molecule has 2 heteroatoms. The van der Waals surface area contributed by atoms with Crippen LogP contribution in [0.3, 0.4) is 0 Å². The highest BCUT2D eigenvalue weighted by atomic mass is 15.2. The van der Waals surface area contributed by atoms with E-state index in [9.17, 15) is 0 Å². The lowest BCUT2D eigenvalue weighted by atomic mass is 9.97. The van der Waals surface area contributed by atoms with Gasteiger partial charge in [0.1, 0.15) is 0 Å². The van der Waals surface area contributed by atoms with Gasteiger partial charge in [-0.2, -0.15) is 0 Å². The average Bonchev–Trinajstić information content (AvgIpc) is 3.32. The lowest BCUT2D eigenvalue weighted by Crippen LogP contribution is -2.54. The first kappa shape index (κ1) is 14.1. The Bertz CT molecular complexity index is 413. The molecule has 1 saturated heterocycles. The van der Waals surface area contributed by atoms with E-state index >= 15 is 0 Å². The van der Waals surface area contributed by atoms with Crippen molar-refractivity contribution in [3.8, 4) is 0 Å². The molecule has 110 valence electrons. The van der Waals surface area contributed by atoms with Crippen molar-refractivity contribution in [3.05, 3.63) is 35.9 Å². The van der Waals surface area contributed by atoms with Crippen molar-refractivity contribution in [2.75, 3.05) is 19.6 Å². The second kappa shape index (κ2) is 6.28. The van der Waals surface area contributed by atoms with Crippen LogP contribution in [0, 0.1) is 11.8 Å². The summed E-state index contributed by atoms with van der Waals surface area (Å²) in [6.07, 6.45) is 4.15. The van der Waals surface area contributed by atoms with E-state index in [1.54, 1.807) is 0 Å². The normalized spacial score (nSPS) is 29.3. The third-order valence-electron chi connectivity index (χ3n) is 5.06. The molecule has 1 aromatic carbocycles. The number of hydrogen-bond acceptors (Lipinski definition) is 2. The molecule has 1 N–H and O–H groups in total. The SMILES string of the molecule is CCC(C)CN1CC(C2CC2)NCC1c1ccccc1. The zero-order chi connectivity index (χ0) is 13.9. The summed E-state index contributed by atoms with van der Waals surface area (Å²) < 4.78 is 0. The minimum atomic E-state index is 0.556. The number of nitrogens with zero attached hydrogens (tertiary/aromatic N) is 1. The molecule has 1 aromatic rings. The molecular formula is C18H28N2. The van der Waals surface area contributed by atoms with Crippen molar-refractivity contribution in [1.29, 1.82) is 0 Å². The summed E-state index contributed by atoms with van der Waals surface area (Å²) in [6.45, 7) is 8.27. The zero-order valence-corrected chi connectivity index (χ0v) is 12.9. The topological polar surface area (TPSA) is 15.3 Å². The predicted octanol–water partition coefficient (Wildman–Crippen LogP) is 3.46. The average molecular weight is 272 g/mol. The zero-order valence-electron chi connectivity index (χ0n) is 12.9. The summed E-state index contributed by atoms with van der Waals surface area (Å²) in [4.78, 5) is 2.74. The molecule has 3 atom stereocenters. The summed E-state index contributed by atoms with van der Waals surface area (Å²) >= 11 is 0. The molecule has 0 spiro atoms. The van der Waals surface area contributed by atoms with Crippen LogP contribution in [-0.2, 0) is 0 Å². The quantitative estimate of drug-likeness (QED) is 0.883. The van der Waals surface area contributed by atoms with E-state index in [4.69, 9.17) is 0 Å². The van der Waals surface area contributed by atoms with Crippen molar-refractivity contribution in [1.82, 2.24) is 10.2 Å². The van der Waals surface area contributed by atoms with Gasteiger partial charge in [-0.25, -0.2) is 0 Å². The van der Waals surface area contributed by atoms with Crippen LogP contribution < -0.4 is 5.32 Å². The fraction of sp³-hybridized carbons (Fsp3) is 0.667. The van der Waals surface area contributed by atoms with Gasteiger partial charge in [-0.05, 0) is 30.2 Å². The number of piperazine rings is 1. The monoisotopic (exact) mass is 272 g/mol. The second-order valence-electron chi connectivity index (χ2n) is 6.75. The van der Waals surface area contributed by atoms with Crippen molar-refractivity contribution in [2.24, 2.45) is 11.8 Å². The molecule has 2 nitrogen and oxygen atoms in total. The summed E-state index contributed by atoms with van der Waals surface area (Å²) in [6, 6.07) is 12.3. The molecule has 0 radical (unpaired) electrons. The maximum atomic E-state index is 3.81. The lowest BCUT2D eigenvalue weighted by Gasteiger charge is -2.42. The molecule has 2 fully saturated rings. The van der Waals surface area contributed by atoms with E-state index in [-0.39, 0.29) is 0 Å². The summed E-state index contributed by atoms with van der Waals surface area (Å²) in [7, 11) is 0. The van der Waals surface area contributed by atoms with Crippen LogP contribution in [0.2, 0.25) is 0 Å². The van der Waals surface area contributed by atoms with Crippen molar-refractivity contribution in [2.45, 2.75) is 45.2 Å². The molecule has 0 bridgehead atoms. The Kier molecular flexibility index (Phi) is 4.42. The first-order valence-electron chi connectivity index (χ1n) is 8.30. The molecule has 2 aliphatic rings. The summed E-state index contributed by atoms with van der Waals surface area (Å²) in [5, 5.41) is 3.81. The number of rotatable bonds is 5. The fourth-order valence-corrected chi connectivity index (χ4v) is 3.39. The van der Waals surface area contributed by atoms with Crippen LogP contribution in [0.25, 0.3) is 0 Å². The minimum absolute atomic E-state index is 0.556. The molecule has 1 saturated carbocycles. The van der Waals surface area contributed by atoms with Gasteiger partial charge >= 0.3 is 0 Å². The van der Waals surface area contributed by atoms with Crippen molar-refractivity contribution in [3.63, 3.8) is 0 Å². The third-order valence-corrected chi connectivity index (χ3v) is 5.06. The highest BCUT2D eigenvalue weighted by Crippen LogP contribution is 2.36. The number of benzene rings is 1. The molecule has 20 heavy (non-hydrogen) atoms. The van der Waals surface area contributed by atoms with E-state index in [0.717, 1.165) is 24.4 Å². The Morgan fingerprint density at radius 1 is 1.25 bits per heavy atom. The Labute approximate surface area is 123 Å². The fourth-order valence-electron chi connectivity index (χ4n) is 3.39. The molecule has 1 heterocycles. The van der Waals surface area contributed by atoms with Gasteiger partial charge in [0.05, 0.1) is 0 Å². The highest BCUT2D eigenvalue weighted by molar-refractivity contribution is 5.20. The number of nitrogens with one attached hydrogen (secondary N) is 1. The van der Waals surface area contributed by atoms with E-state index in [1.807, 2.05) is 0 Å². The molecule has 3 unspecified atom stereocenters. The molecule has 0 aromatic heterocycles. The third kappa shape index (κ3) is 3.24. The van der Waals surface area contributed by atoms with Crippen LogP contribution in [0.4, 0.5) is 0 Å². The standard InChI is InChI=1S/C18H28N2/c1-3-14(2)12-20-13-17(15-9-10-15)19-11-18(20)16-7-5-4-6-8-16/h4-8,14-15,17-19H,3,9-13H2,1-2H3. The highest BCUT2D eigenvalue weighted by Gasteiger charge is 2.37. The van der Waals surface area contributed by atoms with E-state index < -0.39 is 0 Å². The van der Waals surface area contributed by atoms with Gasteiger partial charge in [0, 0.05) is 31.7 Å². The predicted molar refractivity (Wildman–Crippen MR) is 84.7 cm³/mol. The Morgan fingerprint density at radius 2 is 2.00 bits per heavy atom.